The molecular weight excluding hydrogens is 158 g/mol. The van der Waals surface area contributed by atoms with E-state index < -0.39 is 6.09 Å². The van der Waals surface area contributed by atoms with E-state index in [-0.39, 0.29) is 13.2 Å². The van der Waals surface area contributed by atoms with Gasteiger partial charge in [0.05, 0.1) is 6.61 Å². The largest absolute Gasteiger partial charge is 0.447 e. The molecule has 1 rings (SSSR count). The Morgan fingerprint density at radius 3 is 2.92 bits per heavy atom. The van der Waals surface area contributed by atoms with E-state index in [0.29, 0.717) is 6.54 Å². The van der Waals surface area contributed by atoms with Crippen LogP contribution in [0.3, 0.4) is 0 Å². The van der Waals surface area contributed by atoms with E-state index in [1.165, 1.54) is 12.8 Å². The van der Waals surface area contributed by atoms with Gasteiger partial charge < -0.3 is 15.2 Å². The predicted molar refractivity (Wildman–Crippen MR) is 43.8 cm³/mol. The summed E-state index contributed by atoms with van der Waals surface area (Å²) >= 11 is 0. The topological polar surface area (TPSA) is 58.6 Å². The summed E-state index contributed by atoms with van der Waals surface area (Å²) in [6.07, 6.45) is 3.22. The average molecular weight is 173 g/mol. The third kappa shape index (κ3) is 4.18. The molecule has 0 saturated heterocycles. The molecule has 0 aromatic heterocycles. The van der Waals surface area contributed by atoms with Crippen LogP contribution in [0.15, 0.2) is 0 Å². The Kier molecular flexibility index (Phi) is 3.87. The van der Waals surface area contributed by atoms with E-state index in [0.717, 1.165) is 12.3 Å². The molecule has 70 valence electrons. The maximum atomic E-state index is 10.8. The minimum Gasteiger partial charge on any atom is -0.447 e. The number of hydrogen-bond donors (Lipinski definition) is 2. The number of carbonyl (C=O) groups excluding carboxylic acids is 1. The number of carbonyl (C=O) groups is 1. The molecule has 0 aromatic carbocycles. The molecule has 12 heavy (non-hydrogen) atoms. The molecule has 1 aliphatic rings. The summed E-state index contributed by atoms with van der Waals surface area (Å²) in [5, 5.41) is 11.0. The third-order valence-electron chi connectivity index (χ3n) is 1.84. The van der Waals surface area contributed by atoms with Crippen molar-refractivity contribution < 1.29 is 14.6 Å². The molecule has 0 atom stereocenters. The van der Waals surface area contributed by atoms with Gasteiger partial charge in [-0.1, -0.05) is 12.8 Å². The van der Waals surface area contributed by atoms with Crippen LogP contribution in [0.1, 0.15) is 19.3 Å². The second-order valence-electron chi connectivity index (χ2n) is 3.02. The van der Waals surface area contributed by atoms with Crippen molar-refractivity contribution in [3.05, 3.63) is 0 Å². The number of amides is 1. The molecule has 1 amide bonds. The normalized spacial score (nSPS) is 15.8. The summed E-state index contributed by atoms with van der Waals surface area (Å²) in [6.45, 7) is 0.653. The Hall–Kier alpha value is -0.770. The lowest BCUT2D eigenvalue weighted by molar-refractivity contribution is 0.119. The standard InChI is InChI=1S/C8H15NO3/c10-5-6-12-8(11)9-4-3-7-1-2-7/h7,10H,1-6H2,(H,9,11). The van der Waals surface area contributed by atoms with Crippen LogP contribution in [0.4, 0.5) is 4.79 Å². The third-order valence-corrected chi connectivity index (χ3v) is 1.84. The van der Waals surface area contributed by atoms with Gasteiger partial charge in [-0.15, -0.1) is 0 Å². The Morgan fingerprint density at radius 2 is 2.33 bits per heavy atom. The van der Waals surface area contributed by atoms with Gasteiger partial charge in [-0.05, 0) is 12.3 Å². The lowest BCUT2D eigenvalue weighted by Crippen LogP contribution is -2.26. The molecule has 4 heteroatoms. The van der Waals surface area contributed by atoms with Crippen LogP contribution in [0.2, 0.25) is 0 Å². The molecule has 1 fully saturated rings. The molecule has 2 N–H and O–H groups in total. The Labute approximate surface area is 71.9 Å². The van der Waals surface area contributed by atoms with Crippen molar-refractivity contribution in [2.45, 2.75) is 19.3 Å². The zero-order valence-corrected chi connectivity index (χ0v) is 7.08. The fourth-order valence-corrected chi connectivity index (χ4v) is 0.974. The zero-order valence-electron chi connectivity index (χ0n) is 7.08. The van der Waals surface area contributed by atoms with E-state index >= 15 is 0 Å². The number of ether oxygens (including phenoxy) is 1. The maximum Gasteiger partial charge on any atom is 0.407 e. The smallest absolute Gasteiger partial charge is 0.407 e. The van der Waals surface area contributed by atoms with Gasteiger partial charge in [0.15, 0.2) is 0 Å². The molecule has 1 saturated carbocycles. The van der Waals surface area contributed by atoms with Crippen LogP contribution >= 0.6 is 0 Å². The number of rotatable bonds is 5. The summed E-state index contributed by atoms with van der Waals surface area (Å²) in [5.41, 5.74) is 0. The highest BCUT2D eigenvalue weighted by Gasteiger charge is 2.20. The summed E-state index contributed by atoms with van der Waals surface area (Å²) < 4.78 is 4.59. The monoisotopic (exact) mass is 173 g/mol. The maximum absolute atomic E-state index is 10.8. The second kappa shape index (κ2) is 4.98. The van der Waals surface area contributed by atoms with Crippen molar-refractivity contribution in [3.63, 3.8) is 0 Å². The van der Waals surface area contributed by atoms with Gasteiger partial charge in [0.1, 0.15) is 6.61 Å². The highest BCUT2D eigenvalue weighted by Crippen LogP contribution is 2.31. The van der Waals surface area contributed by atoms with Crippen LogP contribution in [0.5, 0.6) is 0 Å². The van der Waals surface area contributed by atoms with Gasteiger partial charge in [0.25, 0.3) is 0 Å². The molecule has 0 aliphatic heterocycles. The minimum absolute atomic E-state index is 0.0786. The molecule has 0 aromatic rings. The van der Waals surface area contributed by atoms with Crippen LogP contribution in [-0.4, -0.2) is 31.0 Å². The van der Waals surface area contributed by atoms with Crippen molar-refractivity contribution in [1.82, 2.24) is 5.32 Å². The molecule has 1 aliphatic carbocycles. The lowest BCUT2D eigenvalue weighted by Gasteiger charge is -2.04. The van der Waals surface area contributed by atoms with Crippen molar-refractivity contribution in [2.24, 2.45) is 5.92 Å². The number of nitrogens with one attached hydrogen (secondary N) is 1. The summed E-state index contributed by atoms with van der Waals surface area (Å²) in [7, 11) is 0. The van der Waals surface area contributed by atoms with Crippen LogP contribution in [0, 0.1) is 5.92 Å². The number of hydrogen-bond acceptors (Lipinski definition) is 3. The fourth-order valence-electron chi connectivity index (χ4n) is 0.974. The molecule has 0 heterocycles. The van der Waals surface area contributed by atoms with Crippen molar-refractivity contribution in [1.29, 1.82) is 0 Å². The molecular formula is C8H15NO3. The number of aliphatic hydroxyl groups excluding tert-OH is 1. The average Bonchev–Trinajstić information content (AvgIpc) is 2.84. The first-order chi connectivity index (χ1) is 5.83. The zero-order chi connectivity index (χ0) is 8.81. The Morgan fingerprint density at radius 1 is 1.58 bits per heavy atom. The lowest BCUT2D eigenvalue weighted by atomic mass is 10.3. The molecule has 0 unspecified atom stereocenters. The van der Waals surface area contributed by atoms with Crippen LogP contribution in [0.25, 0.3) is 0 Å². The second-order valence-corrected chi connectivity index (χ2v) is 3.02. The first-order valence-corrected chi connectivity index (χ1v) is 4.34. The van der Waals surface area contributed by atoms with Gasteiger partial charge in [-0.25, -0.2) is 4.79 Å². The van der Waals surface area contributed by atoms with Gasteiger partial charge in [-0.2, -0.15) is 0 Å². The van der Waals surface area contributed by atoms with Crippen LogP contribution in [-0.2, 0) is 4.74 Å². The molecule has 0 radical (unpaired) electrons. The highest BCUT2D eigenvalue weighted by atomic mass is 16.6. The summed E-state index contributed by atoms with van der Waals surface area (Å²) in [4.78, 5) is 10.8. The van der Waals surface area contributed by atoms with E-state index in [4.69, 9.17) is 5.11 Å². The SMILES string of the molecule is O=C(NCCC1CC1)OCCO. The van der Waals surface area contributed by atoms with Crippen molar-refractivity contribution in [3.8, 4) is 0 Å². The van der Waals surface area contributed by atoms with Gasteiger partial charge >= 0.3 is 6.09 Å². The first kappa shape index (κ1) is 9.32. The first-order valence-electron chi connectivity index (χ1n) is 4.34. The number of alkyl carbamates (subject to hydrolysis) is 1. The fraction of sp³-hybridized carbons (Fsp3) is 0.875. The molecule has 0 bridgehead atoms. The Bertz CT molecular complexity index is 145. The predicted octanol–water partition coefficient (Wildman–Crippen LogP) is 0.505. The minimum atomic E-state index is -0.426. The highest BCUT2D eigenvalue weighted by molar-refractivity contribution is 5.66. The van der Waals surface area contributed by atoms with Gasteiger partial charge in [0.2, 0.25) is 0 Å². The van der Waals surface area contributed by atoms with E-state index in [2.05, 4.69) is 10.1 Å². The molecule has 4 nitrogen and oxygen atoms in total. The van der Waals surface area contributed by atoms with Gasteiger partial charge in [0, 0.05) is 6.54 Å². The quantitative estimate of drug-likeness (QED) is 0.636. The van der Waals surface area contributed by atoms with Crippen molar-refractivity contribution >= 4 is 6.09 Å². The molecule has 0 spiro atoms. The van der Waals surface area contributed by atoms with Crippen molar-refractivity contribution in [2.75, 3.05) is 19.8 Å². The van der Waals surface area contributed by atoms with Gasteiger partial charge in [-0.3, -0.25) is 0 Å². The number of aliphatic hydroxyl groups is 1. The van der Waals surface area contributed by atoms with E-state index in [1.807, 2.05) is 0 Å². The summed E-state index contributed by atoms with van der Waals surface area (Å²) in [5.74, 6) is 0.822. The van der Waals surface area contributed by atoms with E-state index in [9.17, 15) is 4.79 Å². The van der Waals surface area contributed by atoms with E-state index in [1.54, 1.807) is 0 Å². The summed E-state index contributed by atoms with van der Waals surface area (Å²) in [6, 6.07) is 0. The Balaban J connectivity index is 1.86. The van der Waals surface area contributed by atoms with Crippen LogP contribution < -0.4 is 5.32 Å².